The highest BCUT2D eigenvalue weighted by Crippen LogP contribution is 2.17. The molecule has 1 atom stereocenters. The van der Waals surface area contributed by atoms with Crippen molar-refractivity contribution in [3.63, 3.8) is 0 Å². The SMILES string of the molecule is CC(NCC(=O)O)c1cc(F)ccc1F. The Kier molecular flexibility index (Phi) is 3.74. The van der Waals surface area contributed by atoms with Gasteiger partial charge in [-0.25, -0.2) is 8.78 Å². The van der Waals surface area contributed by atoms with Crippen molar-refractivity contribution in [2.24, 2.45) is 0 Å². The second kappa shape index (κ2) is 4.84. The number of halogens is 2. The predicted molar refractivity (Wildman–Crippen MR) is 50.4 cm³/mol. The van der Waals surface area contributed by atoms with Crippen molar-refractivity contribution in [3.05, 3.63) is 35.4 Å². The minimum atomic E-state index is -1.04. The van der Waals surface area contributed by atoms with Crippen molar-refractivity contribution in [3.8, 4) is 0 Å². The number of hydrogen-bond donors (Lipinski definition) is 2. The summed E-state index contributed by atoms with van der Waals surface area (Å²) in [5, 5.41) is 11.0. The number of nitrogens with one attached hydrogen (secondary N) is 1. The molecule has 15 heavy (non-hydrogen) atoms. The van der Waals surface area contributed by atoms with Crippen LogP contribution in [0, 0.1) is 11.6 Å². The van der Waals surface area contributed by atoms with Crippen molar-refractivity contribution in [2.75, 3.05) is 6.54 Å². The molecule has 3 nitrogen and oxygen atoms in total. The van der Waals surface area contributed by atoms with Crippen LogP contribution in [0.2, 0.25) is 0 Å². The third-order valence-corrected chi connectivity index (χ3v) is 1.98. The molecule has 1 rings (SSSR count). The van der Waals surface area contributed by atoms with Gasteiger partial charge in [0.05, 0.1) is 6.54 Å². The van der Waals surface area contributed by atoms with E-state index in [0.717, 1.165) is 18.2 Å². The zero-order valence-electron chi connectivity index (χ0n) is 8.13. The van der Waals surface area contributed by atoms with Crippen molar-refractivity contribution >= 4 is 5.97 Å². The van der Waals surface area contributed by atoms with Gasteiger partial charge in [0.15, 0.2) is 0 Å². The van der Waals surface area contributed by atoms with Gasteiger partial charge in [0.2, 0.25) is 0 Å². The van der Waals surface area contributed by atoms with Gasteiger partial charge in [-0.2, -0.15) is 0 Å². The van der Waals surface area contributed by atoms with E-state index in [9.17, 15) is 13.6 Å². The lowest BCUT2D eigenvalue weighted by molar-refractivity contribution is -0.136. The topological polar surface area (TPSA) is 49.3 Å². The average molecular weight is 215 g/mol. The highest BCUT2D eigenvalue weighted by molar-refractivity contribution is 5.69. The number of benzene rings is 1. The Hall–Kier alpha value is -1.49. The van der Waals surface area contributed by atoms with Crippen LogP contribution in [0.4, 0.5) is 8.78 Å². The van der Waals surface area contributed by atoms with Crippen molar-refractivity contribution in [1.82, 2.24) is 5.32 Å². The lowest BCUT2D eigenvalue weighted by atomic mass is 10.1. The van der Waals surface area contributed by atoms with Crippen LogP contribution in [0.3, 0.4) is 0 Å². The van der Waals surface area contributed by atoms with E-state index in [-0.39, 0.29) is 12.1 Å². The molecule has 0 aromatic heterocycles. The first-order chi connectivity index (χ1) is 7.00. The fourth-order valence-electron chi connectivity index (χ4n) is 1.20. The maximum Gasteiger partial charge on any atom is 0.317 e. The van der Waals surface area contributed by atoms with Crippen LogP contribution in [-0.2, 0) is 4.79 Å². The van der Waals surface area contributed by atoms with E-state index in [4.69, 9.17) is 5.11 Å². The van der Waals surface area contributed by atoms with Gasteiger partial charge in [0.1, 0.15) is 11.6 Å². The van der Waals surface area contributed by atoms with E-state index in [1.165, 1.54) is 0 Å². The molecule has 0 amide bonds. The number of carboxylic acids is 1. The van der Waals surface area contributed by atoms with E-state index in [0.29, 0.717) is 0 Å². The molecule has 0 aliphatic rings. The Balaban J connectivity index is 2.76. The zero-order valence-corrected chi connectivity index (χ0v) is 8.13. The van der Waals surface area contributed by atoms with Crippen LogP contribution in [-0.4, -0.2) is 17.6 Å². The van der Waals surface area contributed by atoms with Crippen LogP contribution in [0.1, 0.15) is 18.5 Å². The molecule has 1 aromatic rings. The summed E-state index contributed by atoms with van der Waals surface area (Å²) in [6.45, 7) is 1.28. The average Bonchev–Trinajstić information content (AvgIpc) is 2.18. The summed E-state index contributed by atoms with van der Waals surface area (Å²) < 4.78 is 26.0. The monoisotopic (exact) mass is 215 g/mol. The molecule has 0 aliphatic heterocycles. The first-order valence-corrected chi connectivity index (χ1v) is 4.41. The molecule has 1 aromatic carbocycles. The van der Waals surface area contributed by atoms with Crippen LogP contribution < -0.4 is 5.32 Å². The summed E-state index contributed by atoms with van der Waals surface area (Å²) in [6, 6.07) is 2.54. The molecule has 0 spiro atoms. The minimum absolute atomic E-state index is 0.122. The standard InChI is InChI=1S/C10H11F2NO2/c1-6(13-5-10(14)15)8-4-7(11)2-3-9(8)12/h2-4,6,13H,5H2,1H3,(H,14,15). The molecule has 2 N–H and O–H groups in total. The minimum Gasteiger partial charge on any atom is -0.480 e. The van der Waals surface area contributed by atoms with Crippen LogP contribution in [0.25, 0.3) is 0 Å². The molecule has 1 unspecified atom stereocenters. The van der Waals surface area contributed by atoms with Gasteiger partial charge < -0.3 is 10.4 Å². The summed E-state index contributed by atoms with van der Waals surface area (Å²) >= 11 is 0. The van der Waals surface area contributed by atoms with Gasteiger partial charge in [-0.15, -0.1) is 0 Å². The van der Waals surface area contributed by atoms with Crippen molar-refractivity contribution in [1.29, 1.82) is 0 Å². The molecule has 82 valence electrons. The molecule has 0 saturated carbocycles. The quantitative estimate of drug-likeness (QED) is 0.803. The van der Waals surface area contributed by atoms with E-state index in [1.807, 2.05) is 0 Å². The number of carbonyl (C=O) groups is 1. The third-order valence-electron chi connectivity index (χ3n) is 1.98. The smallest absolute Gasteiger partial charge is 0.317 e. The van der Waals surface area contributed by atoms with Gasteiger partial charge in [-0.3, -0.25) is 4.79 Å². The number of carboxylic acid groups (broad SMARTS) is 1. The van der Waals surface area contributed by atoms with Crippen molar-refractivity contribution < 1.29 is 18.7 Å². The fraction of sp³-hybridized carbons (Fsp3) is 0.300. The molecule has 5 heteroatoms. The Bertz CT molecular complexity index is 368. The highest BCUT2D eigenvalue weighted by atomic mass is 19.1. The molecule has 0 saturated heterocycles. The van der Waals surface area contributed by atoms with Crippen LogP contribution >= 0.6 is 0 Å². The molecule has 0 radical (unpaired) electrons. The maximum absolute atomic E-state index is 13.2. The second-order valence-corrected chi connectivity index (χ2v) is 3.16. The Labute approximate surface area is 85.7 Å². The number of aliphatic carboxylic acids is 1. The highest BCUT2D eigenvalue weighted by Gasteiger charge is 2.12. The first kappa shape index (κ1) is 11.6. The lowest BCUT2D eigenvalue weighted by Crippen LogP contribution is -2.26. The number of rotatable bonds is 4. The van der Waals surface area contributed by atoms with E-state index in [2.05, 4.69) is 5.32 Å². The second-order valence-electron chi connectivity index (χ2n) is 3.16. The van der Waals surface area contributed by atoms with Gasteiger partial charge in [-0.1, -0.05) is 0 Å². The summed E-state index contributed by atoms with van der Waals surface area (Å²) in [5.41, 5.74) is 0.122. The van der Waals surface area contributed by atoms with E-state index in [1.54, 1.807) is 6.92 Å². The normalized spacial score (nSPS) is 12.5. The van der Waals surface area contributed by atoms with Crippen LogP contribution in [0.15, 0.2) is 18.2 Å². The largest absolute Gasteiger partial charge is 0.480 e. The van der Waals surface area contributed by atoms with Gasteiger partial charge in [0, 0.05) is 11.6 Å². The van der Waals surface area contributed by atoms with Gasteiger partial charge in [0.25, 0.3) is 0 Å². The zero-order chi connectivity index (χ0) is 11.4. The molecular formula is C10H11F2NO2. The summed E-state index contributed by atoms with van der Waals surface area (Å²) in [6.07, 6.45) is 0. The molecule has 0 bridgehead atoms. The first-order valence-electron chi connectivity index (χ1n) is 4.41. The summed E-state index contributed by atoms with van der Waals surface area (Å²) in [4.78, 5) is 10.3. The maximum atomic E-state index is 13.2. The predicted octanol–water partition coefficient (Wildman–Crippen LogP) is 1.70. The molecular weight excluding hydrogens is 204 g/mol. The van der Waals surface area contributed by atoms with Crippen LogP contribution in [0.5, 0.6) is 0 Å². The third kappa shape index (κ3) is 3.28. The van der Waals surface area contributed by atoms with Crippen molar-refractivity contribution in [2.45, 2.75) is 13.0 Å². The summed E-state index contributed by atoms with van der Waals surface area (Å²) in [5.74, 6) is -2.14. The Morgan fingerprint density at radius 3 is 2.80 bits per heavy atom. The molecule has 0 fully saturated rings. The lowest BCUT2D eigenvalue weighted by Gasteiger charge is -2.13. The number of hydrogen-bond acceptors (Lipinski definition) is 2. The molecule has 0 aliphatic carbocycles. The molecule has 0 heterocycles. The Morgan fingerprint density at radius 1 is 1.53 bits per heavy atom. The van der Waals surface area contributed by atoms with E-state index >= 15 is 0 Å². The van der Waals surface area contributed by atoms with Gasteiger partial charge in [-0.05, 0) is 25.1 Å². The van der Waals surface area contributed by atoms with E-state index < -0.39 is 23.6 Å². The fourth-order valence-corrected chi connectivity index (χ4v) is 1.20. The Morgan fingerprint density at radius 2 is 2.20 bits per heavy atom. The van der Waals surface area contributed by atoms with Gasteiger partial charge >= 0.3 is 5.97 Å². The summed E-state index contributed by atoms with van der Waals surface area (Å²) in [7, 11) is 0.